The molecular weight excluding hydrogens is 190 g/mol. The van der Waals surface area contributed by atoms with Gasteiger partial charge >= 0.3 is 0 Å². The normalized spacial score (nSPS) is 14.6. The molecule has 78 valence electrons. The second kappa shape index (κ2) is 3.85. The van der Waals surface area contributed by atoms with E-state index in [4.69, 9.17) is 0 Å². The first-order valence-electron chi connectivity index (χ1n) is 5.05. The lowest BCUT2D eigenvalue weighted by molar-refractivity contribution is -0.144. The Morgan fingerprint density at radius 3 is 2.53 bits per heavy atom. The van der Waals surface area contributed by atoms with Crippen molar-refractivity contribution in [2.75, 3.05) is 6.54 Å². The first kappa shape index (κ1) is 9.90. The minimum Gasteiger partial charge on any atom is -0.331 e. The number of hydrogen-bond acceptors (Lipinski definition) is 2. The molecule has 1 aromatic rings. The SMILES string of the molecule is CC(=O)C(=O)N1CCc2ccccc2C1. The summed E-state index contributed by atoms with van der Waals surface area (Å²) < 4.78 is 0. The number of rotatable bonds is 1. The van der Waals surface area contributed by atoms with Gasteiger partial charge in [0.25, 0.3) is 5.91 Å². The molecule has 0 bridgehead atoms. The number of Topliss-reactive ketones (excluding diaryl/α,β-unsaturated/α-hetero) is 1. The zero-order chi connectivity index (χ0) is 10.8. The van der Waals surface area contributed by atoms with Gasteiger partial charge in [-0.3, -0.25) is 9.59 Å². The summed E-state index contributed by atoms with van der Waals surface area (Å²) in [6.07, 6.45) is 0.842. The Balaban J connectivity index is 2.19. The lowest BCUT2D eigenvalue weighted by atomic mass is 10.00. The van der Waals surface area contributed by atoms with Crippen LogP contribution in [0.25, 0.3) is 0 Å². The predicted octanol–water partition coefficient (Wildman–Crippen LogP) is 1.16. The van der Waals surface area contributed by atoms with Crippen LogP contribution >= 0.6 is 0 Å². The van der Waals surface area contributed by atoms with Crippen molar-refractivity contribution in [1.29, 1.82) is 0 Å². The summed E-state index contributed by atoms with van der Waals surface area (Å²) in [6.45, 7) is 2.53. The zero-order valence-electron chi connectivity index (χ0n) is 8.69. The summed E-state index contributed by atoms with van der Waals surface area (Å²) in [7, 11) is 0. The summed E-state index contributed by atoms with van der Waals surface area (Å²) in [6, 6.07) is 8.04. The van der Waals surface area contributed by atoms with Crippen LogP contribution in [-0.4, -0.2) is 23.1 Å². The Morgan fingerprint density at radius 2 is 1.87 bits per heavy atom. The molecule has 1 heterocycles. The summed E-state index contributed by atoms with van der Waals surface area (Å²) in [4.78, 5) is 24.1. The highest BCUT2D eigenvalue weighted by atomic mass is 16.2. The van der Waals surface area contributed by atoms with E-state index in [2.05, 4.69) is 6.07 Å². The number of carbonyl (C=O) groups excluding carboxylic acids is 2. The van der Waals surface area contributed by atoms with E-state index in [1.54, 1.807) is 4.90 Å². The van der Waals surface area contributed by atoms with Crippen LogP contribution in [0.3, 0.4) is 0 Å². The molecule has 1 aliphatic rings. The Hall–Kier alpha value is -1.64. The maximum Gasteiger partial charge on any atom is 0.289 e. The van der Waals surface area contributed by atoms with E-state index in [0.717, 1.165) is 12.0 Å². The smallest absolute Gasteiger partial charge is 0.289 e. The van der Waals surface area contributed by atoms with Crippen LogP contribution in [-0.2, 0) is 22.6 Å². The fourth-order valence-corrected chi connectivity index (χ4v) is 1.89. The number of hydrogen-bond donors (Lipinski definition) is 0. The molecule has 0 saturated heterocycles. The van der Waals surface area contributed by atoms with Gasteiger partial charge in [-0.15, -0.1) is 0 Å². The maximum absolute atomic E-state index is 11.5. The van der Waals surface area contributed by atoms with Crippen LogP contribution in [0.1, 0.15) is 18.1 Å². The molecule has 1 amide bonds. The lowest BCUT2D eigenvalue weighted by Gasteiger charge is -2.27. The average molecular weight is 203 g/mol. The topological polar surface area (TPSA) is 37.4 Å². The molecule has 0 atom stereocenters. The highest BCUT2D eigenvalue weighted by Crippen LogP contribution is 2.18. The molecule has 0 aliphatic carbocycles. The molecule has 0 unspecified atom stereocenters. The Morgan fingerprint density at radius 1 is 1.20 bits per heavy atom. The van der Waals surface area contributed by atoms with Gasteiger partial charge in [0.1, 0.15) is 0 Å². The monoisotopic (exact) mass is 203 g/mol. The molecule has 0 N–H and O–H groups in total. The summed E-state index contributed by atoms with van der Waals surface area (Å²) in [5.41, 5.74) is 2.43. The zero-order valence-corrected chi connectivity index (χ0v) is 8.69. The number of benzene rings is 1. The lowest BCUT2D eigenvalue weighted by Crippen LogP contribution is -2.39. The Bertz CT molecular complexity index is 412. The molecule has 3 nitrogen and oxygen atoms in total. The van der Waals surface area contributed by atoms with E-state index in [9.17, 15) is 9.59 Å². The molecule has 0 aromatic heterocycles. The van der Waals surface area contributed by atoms with Crippen LogP contribution in [0, 0.1) is 0 Å². The van der Waals surface area contributed by atoms with Gasteiger partial charge in [0.2, 0.25) is 5.78 Å². The van der Waals surface area contributed by atoms with Crippen molar-refractivity contribution in [1.82, 2.24) is 4.90 Å². The molecule has 0 saturated carbocycles. The van der Waals surface area contributed by atoms with Gasteiger partial charge in [-0.1, -0.05) is 24.3 Å². The number of amides is 1. The molecular formula is C12H13NO2. The van der Waals surface area contributed by atoms with E-state index in [0.29, 0.717) is 13.1 Å². The third-order valence-electron chi connectivity index (χ3n) is 2.72. The van der Waals surface area contributed by atoms with Crippen LogP contribution in [0.15, 0.2) is 24.3 Å². The number of nitrogens with zero attached hydrogens (tertiary/aromatic N) is 1. The fraction of sp³-hybridized carbons (Fsp3) is 0.333. The Kier molecular flexibility index (Phi) is 2.54. The summed E-state index contributed by atoms with van der Waals surface area (Å²) in [5, 5.41) is 0. The molecule has 0 fully saturated rings. The van der Waals surface area contributed by atoms with Crippen molar-refractivity contribution in [2.24, 2.45) is 0 Å². The minimum atomic E-state index is -0.380. The third kappa shape index (κ3) is 1.91. The van der Waals surface area contributed by atoms with Gasteiger partial charge in [-0.05, 0) is 17.5 Å². The summed E-state index contributed by atoms with van der Waals surface area (Å²) >= 11 is 0. The van der Waals surface area contributed by atoms with Gasteiger partial charge in [0, 0.05) is 20.0 Å². The van der Waals surface area contributed by atoms with Crippen molar-refractivity contribution in [2.45, 2.75) is 19.9 Å². The van der Waals surface area contributed by atoms with Crippen LogP contribution < -0.4 is 0 Å². The second-order valence-electron chi connectivity index (χ2n) is 3.80. The third-order valence-corrected chi connectivity index (χ3v) is 2.72. The van der Waals surface area contributed by atoms with Crippen molar-refractivity contribution < 1.29 is 9.59 Å². The average Bonchev–Trinajstić information content (AvgIpc) is 2.27. The molecule has 0 spiro atoms. The van der Waals surface area contributed by atoms with Gasteiger partial charge in [-0.25, -0.2) is 0 Å². The van der Waals surface area contributed by atoms with Crippen molar-refractivity contribution in [3.63, 3.8) is 0 Å². The quantitative estimate of drug-likeness (QED) is 0.642. The first-order valence-corrected chi connectivity index (χ1v) is 5.05. The van der Waals surface area contributed by atoms with E-state index in [1.807, 2.05) is 18.2 Å². The van der Waals surface area contributed by atoms with E-state index >= 15 is 0 Å². The van der Waals surface area contributed by atoms with E-state index in [-0.39, 0.29) is 11.7 Å². The molecule has 15 heavy (non-hydrogen) atoms. The highest BCUT2D eigenvalue weighted by molar-refractivity contribution is 6.35. The van der Waals surface area contributed by atoms with Gasteiger partial charge in [0.15, 0.2) is 0 Å². The predicted molar refractivity (Wildman–Crippen MR) is 56.2 cm³/mol. The molecule has 0 radical (unpaired) electrons. The largest absolute Gasteiger partial charge is 0.331 e. The number of fused-ring (bicyclic) bond motifs is 1. The van der Waals surface area contributed by atoms with Gasteiger partial charge < -0.3 is 4.90 Å². The van der Waals surface area contributed by atoms with Crippen LogP contribution in [0.4, 0.5) is 0 Å². The van der Waals surface area contributed by atoms with Gasteiger partial charge in [-0.2, -0.15) is 0 Å². The number of carbonyl (C=O) groups is 2. The highest BCUT2D eigenvalue weighted by Gasteiger charge is 2.22. The molecule has 1 aliphatic heterocycles. The number of ketones is 1. The second-order valence-corrected chi connectivity index (χ2v) is 3.80. The Labute approximate surface area is 88.7 Å². The van der Waals surface area contributed by atoms with Crippen LogP contribution in [0.2, 0.25) is 0 Å². The molecule has 2 rings (SSSR count). The molecule has 3 heteroatoms. The molecule has 1 aromatic carbocycles. The fourth-order valence-electron chi connectivity index (χ4n) is 1.89. The minimum absolute atomic E-state index is 0.371. The van der Waals surface area contributed by atoms with Crippen molar-refractivity contribution >= 4 is 11.7 Å². The van der Waals surface area contributed by atoms with Crippen LogP contribution in [0.5, 0.6) is 0 Å². The summed E-state index contributed by atoms with van der Waals surface area (Å²) in [5.74, 6) is -0.751. The van der Waals surface area contributed by atoms with E-state index in [1.165, 1.54) is 12.5 Å². The maximum atomic E-state index is 11.5. The van der Waals surface area contributed by atoms with Crippen molar-refractivity contribution in [3.05, 3.63) is 35.4 Å². The van der Waals surface area contributed by atoms with E-state index < -0.39 is 0 Å². The standard InChI is InChI=1S/C12H13NO2/c1-9(14)12(15)13-7-6-10-4-2-3-5-11(10)8-13/h2-5H,6-8H2,1H3. The first-order chi connectivity index (χ1) is 7.18. The van der Waals surface area contributed by atoms with Gasteiger partial charge in [0.05, 0.1) is 0 Å². The van der Waals surface area contributed by atoms with Crippen molar-refractivity contribution in [3.8, 4) is 0 Å².